The summed E-state index contributed by atoms with van der Waals surface area (Å²) in [6.07, 6.45) is 2.43. The smallest absolute Gasteiger partial charge is 0.299 e. The van der Waals surface area contributed by atoms with Gasteiger partial charge in [0.1, 0.15) is 11.4 Å². The molecular weight excluding hydrogens is 453 g/mol. The molecule has 3 fully saturated rings. The van der Waals surface area contributed by atoms with Crippen molar-refractivity contribution in [3.8, 4) is 0 Å². The Morgan fingerprint density at radius 3 is 2.23 bits per heavy atom. The summed E-state index contributed by atoms with van der Waals surface area (Å²) in [6.45, 7) is 2.36. The molecule has 0 bridgehead atoms. The van der Waals surface area contributed by atoms with Crippen LogP contribution >= 0.6 is 0 Å². The number of benzene rings is 2. The van der Waals surface area contributed by atoms with Crippen LogP contribution in [0.15, 0.2) is 59.6 Å². The summed E-state index contributed by atoms with van der Waals surface area (Å²) in [7, 11) is 0. The highest BCUT2D eigenvalue weighted by Gasteiger charge is 2.53. The van der Waals surface area contributed by atoms with E-state index in [1.807, 2.05) is 18.2 Å². The van der Waals surface area contributed by atoms with Gasteiger partial charge in [-0.2, -0.15) is 13.2 Å². The van der Waals surface area contributed by atoms with Crippen molar-refractivity contribution in [2.24, 2.45) is 4.99 Å². The SMILES string of the molecule is O=C1NC(=NC2CCCCC2)C2(CCN(Cc3ccccc3)CC2)N1c1ccc(C(F)(F)F)cc1. The molecule has 35 heavy (non-hydrogen) atoms. The van der Waals surface area contributed by atoms with Gasteiger partial charge in [-0.05, 0) is 55.5 Å². The highest BCUT2D eigenvalue weighted by molar-refractivity contribution is 6.19. The van der Waals surface area contributed by atoms with E-state index in [-0.39, 0.29) is 12.1 Å². The summed E-state index contributed by atoms with van der Waals surface area (Å²) in [5, 5.41) is 3.02. The zero-order valence-corrected chi connectivity index (χ0v) is 19.7. The molecule has 3 aliphatic rings. The maximum absolute atomic E-state index is 13.3. The predicted molar refractivity (Wildman–Crippen MR) is 130 cm³/mol. The van der Waals surface area contributed by atoms with Gasteiger partial charge in [-0.15, -0.1) is 0 Å². The second-order valence-corrected chi connectivity index (χ2v) is 9.87. The standard InChI is InChI=1S/C27H31F3N4O/c28-27(29,30)21-11-13-23(14-12-21)34-25(35)32-24(31-22-9-5-2-6-10-22)26(34)15-17-33(18-16-26)19-20-7-3-1-4-8-20/h1,3-4,7-8,11-14,22H,2,5-6,9-10,15-19H2,(H,31,32,35). The number of hydrogen-bond donors (Lipinski definition) is 1. The Labute approximate surface area is 204 Å². The Kier molecular flexibility index (Phi) is 6.57. The average Bonchev–Trinajstić information content (AvgIpc) is 3.11. The molecule has 1 N–H and O–H groups in total. The number of carbonyl (C=O) groups is 1. The molecule has 5 nitrogen and oxygen atoms in total. The lowest BCUT2D eigenvalue weighted by Crippen LogP contribution is -2.57. The Morgan fingerprint density at radius 1 is 0.943 bits per heavy atom. The fourth-order valence-corrected chi connectivity index (χ4v) is 5.67. The van der Waals surface area contributed by atoms with Gasteiger partial charge < -0.3 is 0 Å². The number of halogens is 3. The van der Waals surface area contributed by atoms with Gasteiger partial charge in [0.2, 0.25) is 0 Å². The minimum Gasteiger partial charge on any atom is -0.299 e. The lowest BCUT2D eigenvalue weighted by Gasteiger charge is -2.44. The molecule has 2 aromatic carbocycles. The molecule has 186 valence electrons. The number of alkyl halides is 3. The zero-order valence-electron chi connectivity index (χ0n) is 19.7. The van der Waals surface area contributed by atoms with Crippen molar-refractivity contribution >= 4 is 17.6 Å². The number of carbonyl (C=O) groups excluding carboxylic acids is 1. The van der Waals surface area contributed by atoms with Gasteiger partial charge in [0, 0.05) is 25.3 Å². The Hall–Kier alpha value is -2.87. The lowest BCUT2D eigenvalue weighted by atomic mass is 9.84. The van der Waals surface area contributed by atoms with Gasteiger partial charge in [-0.25, -0.2) is 4.79 Å². The van der Waals surface area contributed by atoms with E-state index >= 15 is 0 Å². The fourth-order valence-electron chi connectivity index (χ4n) is 5.67. The molecule has 2 amide bonds. The topological polar surface area (TPSA) is 47.9 Å². The molecule has 2 heterocycles. The number of amides is 2. The third kappa shape index (κ3) is 4.94. The van der Waals surface area contributed by atoms with Crippen molar-refractivity contribution in [3.63, 3.8) is 0 Å². The highest BCUT2D eigenvalue weighted by Crippen LogP contribution is 2.40. The van der Waals surface area contributed by atoms with Crippen LogP contribution in [0.2, 0.25) is 0 Å². The number of aliphatic imine (C=N–C) groups is 1. The predicted octanol–water partition coefficient (Wildman–Crippen LogP) is 6.00. The first-order valence-corrected chi connectivity index (χ1v) is 12.5. The Morgan fingerprint density at radius 2 is 1.60 bits per heavy atom. The van der Waals surface area contributed by atoms with Gasteiger partial charge in [-0.1, -0.05) is 49.6 Å². The summed E-state index contributed by atoms with van der Waals surface area (Å²) in [5.41, 5.74) is 0.325. The second-order valence-electron chi connectivity index (χ2n) is 9.87. The number of urea groups is 1. The van der Waals surface area contributed by atoms with E-state index < -0.39 is 17.3 Å². The van der Waals surface area contributed by atoms with E-state index in [0.717, 1.165) is 57.5 Å². The van der Waals surface area contributed by atoms with E-state index in [4.69, 9.17) is 4.99 Å². The lowest BCUT2D eigenvalue weighted by molar-refractivity contribution is -0.137. The molecule has 0 atom stereocenters. The van der Waals surface area contributed by atoms with Crippen molar-refractivity contribution in [1.82, 2.24) is 10.2 Å². The van der Waals surface area contributed by atoms with E-state index in [1.165, 1.54) is 24.1 Å². The van der Waals surface area contributed by atoms with Crippen LogP contribution in [-0.4, -0.2) is 41.4 Å². The van der Waals surface area contributed by atoms with Crippen molar-refractivity contribution in [2.45, 2.75) is 69.2 Å². The monoisotopic (exact) mass is 484 g/mol. The summed E-state index contributed by atoms with van der Waals surface area (Å²) >= 11 is 0. The van der Waals surface area contributed by atoms with Crippen LogP contribution < -0.4 is 10.2 Å². The van der Waals surface area contributed by atoms with E-state index in [2.05, 4.69) is 22.3 Å². The van der Waals surface area contributed by atoms with Gasteiger partial charge in [-0.3, -0.25) is 20.1 Å². The van der Waals surface area contributed by atoms with Crippen LogP contribution in [0.4, 0.5) is 23.7 Å². The number of nitrogens with one attached hydrogen (secondary N) is 1. The summed E-state index contributed by atoms with van der Waals surface area (Å²) in [6, 6.07) is 15.1. The summed E-state index contributed by atoms with van der Waals surface area (Å²) < 4.78 is 39.4. The molecule has 1 spiro atoms. The Balaban J connectivity index is 1.44. The van der Waals surface area contributed by atoms with Gasteiger partial charge in [0.25, 0.3) is 0 Å². The first kappa shape index (κ1) is 23.9. The van der Waals surface area contributed by atoms with Crippen LogP contribution in [0.3, 0.4) is 0 Å². The molecule has 5 rings (SSSR count). The number of hydrogen-bond acceptors (Lipinski definition) is 3. The number of piperidine rings is 1. The van der Waals surface area contributed by atoms with Crippen molar-refractivity contribution < 1.29 is 18.0 Å². The second kappa shape index (κ2) is 9.64. The van der Waals surface area contributed by atoms with Gasteiger partial charge in [0.05, 0.1) is 11.6 Å². The van der Waals surface area contributed by atoms with Crippen LogP contribution in [0.1, 0.15) is 56.1 Å². The normalized spacial score (nSPS) is 22.7. The molecule has 8 heteroatoms. The van der Waals surface area contributed by atoms with Crippen molar-refractivity contribution in [3.05, 3.63) is 65.7 Å². The largest absolute Gasteiger partial charge is 0.416 e. The third-order valence-electron chi connectivity index (χ3n) is 7.57. The van der Waals surface area contributed by atoms with Crippen LogP contribution in [0, 0.1) is 0 Å². The summed E-state index contributed by atoms with van der Waals surface area (Å²) in [5.74, 6) is 0.689. The fraction of sp³-hybridized carbons (Fsp3) is 0.481. The van der Waals surface area contributed by atoms with Crippen LogP contribution in [-0.2, 0) is 12.7 Å². The van der Waals surface area contributed by atoms with Gasteiger partial charge >= 0.3 is 12.2 Å². The molecule has 1 aliphatic carbocycles. The molecule has 0 aromatic heterocycles. The van der Waals surface area contributed by atoms with E-state index in [0.29, 0.717) is 24.4 Å². The van der Waals surface area contributed by atoms with Crippen molar-refractivity contribution in [1.29, 1.82) is 0 Å². The number of likely N-dealkylation sites (tertiary alicyclic amines) is 1. The minimum absolute atomic E-state index is 0.186. The first-order valence-electron chi connectivity index (χ1n) is 12.5. The van der Waals surface area contributed by atoms with E-state index in [1.54, 1.807) is 4.90 Å². The van der Waals surface area contributed by atoms with Crippen molar-refractivity contribution in [2.75, 3.05) is 18.0 Å². The Bertz CT molecular complexity index is 1050. The molecule has 0 unspecified atom stereocenters. The quantitative estimate of drug-likeness (QED) is 0.579. The number of amidine groups is 1. The molecule has 0 radical (unpaired) electrons. The third-order valence-corrected chi connectivity index (χ3v) is 7.57. The summed E-state index contributed by atoms with van der Waals surface area (Å²) in [4.78, 5) is 22.3. The number of anilines is 1. The minimum atomic E-state index is -4.42. The van der Waals surface area contributed by atoms with Crippen LogP contribution in [0.5, 0.6) is 0 Å². The number of nitrogens with zero attached hydrogens (tertiary/aromatic N) is 3. The van der Waals surface area contributed by atoms with Gasteiger partial charge in [0.15, 0.2) is 0 Å². The maximum atomic E-state index is 13.3. The number of rotatable bonds is 4. The maximum Gasteiger partial charge on any atom is 0.416 e. The van der Waals surface area contributed by atoms with Crippen LogP contribution in [0.25, 0.3) is 0 Å². The zero-order chi connectivity index (χ0) is 24.5. The molecule has 2 saturated heterocycles. The molecule has 1 saturated carbocycles. The molecule has 2 aliphatic heterocycles. The van der Waals surface area contributed by atoms with E-state index in [9.17, 15) is 18.0 Å². The first-order chi connectivity index (χ1) is 16.8. The highest BCUT2D eigenvalue weighted by atomic mass is 19.4. The average molecular weight is 485 g/mol. The molecule has 2 aromatic rings. The molecular formula is C27H31F3N4O.